The molecule has 0 saturated carbocycles. The Hall–Kier alpha value is -6.85. The molecule has 4 nitrogen and oxygen atoms in total. The van der Waals surface area contributed by atoms with Crippen LogP contribution in [0.1, 0.15) is 5.56 Å². The van der Waals surface area contributed by atoms with Crippen LogP contribution < -0.4 is 25.9 Å². The van der Waals surface area contributed by atoms with Gasteiger partial charge in [0.1, 0.15) is 18.2 Å². The highest BCUT2D eigenvalue weighted by molar-refractivity contribution is 7.00. The Labute approximate surface area is 312 Å². The molecule has 0 bridgehead atoms. The van der Waals surface area contributed by atoms with Gasteiger partial charge >= 0.3 is 0 Å². The summed E-state index contributed by atoms with van der Waals surface area (Å²) in [7, 11) is 2.16. The van der Waals surface area contributed by atoms with Crippen molar-refractivity contribution in [3.05, 3.63) is 169 Å². The van der Waals surface area contributed by atoms with Crippen LogP contribution in [0.15, 0.2) is 168 Å². The fourth-order valence-electron chi connectivity index (χ4n) is 9.63. The summed E-state index contributed by atoms with van der Waals surface area (Å²) in [6, 6.07) is 57.7. The molecule has 252 valence electrons. The van der Waals surface area contributed by atoms with Gasteiger partial charge in [-0.2, -0.15) is 0 Å². The number of hydrogen-bond acceptors (Lipinski definition) is 2. The van der Waals surface area contributed by atoms with E-state index in [1.165, 1.54) is 66.4 Å². The Kier molecular flexibility index (Phi) is 5.97. The summed E-state index contributed by atoms with van der Waals surface area (Å²) >= 11 is 0. The Bertz CT molecular complexity index is 3210. The number of benzene rings is 7. The zero-order chi connectivity index (χ0) is 35.7. The van der Waals surface area contributed by atoms with E-state index in [2.05, 4.69) is 186 Å². The van der Waals surface area contributed by atoms with Gasteiger partial charge in [-0.15, -0.1) is 0 Å². The van der Waals surface area contributed by atoms with Gasteiger partial charge < -0.3 is 13.9 Å². The Morgan fingerprint density at radius 2 is 1.31 bits per heavy atom. The van der Waals surface area contributed by atoms with Crippen molar-refractivity contribution in [3.63, 3.8) is 0 Å². The van der Waals surface area contributed by atoms with Crippen LogP contribution in [0, 0.1) is 6.92 Å². The number of nitrogens with zero attached hydrogens (tertiary/aromatic N) is 3. The third-order valence-electron chi connectivity index (χ3n) is 11.9. The van der Waals surface area contributed by atoms with Crippen molar-refractivity contribution in [1.29, 1.82) is 0 Å². The number of furan rings is 1. The Balaban J connectivity index is 1.14. The molecule has 0 fully saturated rings. The second-order valence-electron chi connectivity index (χ2n) is 14.8. The van der Waals surface area contributed by atoms with E-state index in [9.17, 15) is 0 Å². The van der Waals surface area contributed by atoms with Crippen LogP contribution in [0.4, 0.5) is 17.1 Å². The van der Waals surface area contributed by atoms with Crippen LogP contribution in [0.5, 0.6) is 0 Å². The maximum atomic E-state index is 6.54. The third kappa shape index (κ3) is 3.90. The molecule has 12 rings (SSSR count). The molecule has 5 heteroatoms. The number of fused-ring (bicyclic) bond motifs is 10. The first-order valence-corrected chi connectivity index (χ1v) is 18.7. The summed E-state index contributed by atoms with van der Waals surface area (Å²) in [5.41, 5.74) is 19.0. The van der Waals surface area contributed by atoms with Gasteiger partial charge in [-0.3, -0.25) is 0 Å². The smallest absolute Gasteiger partial charge is 0.252 e. The lowest BCUT2D eigenvalue weighted by Gasteiger charge is -2.40. The molecular weight excluding hydrogens is 657 g/mol. The standard InChI is InChI=1S/C49H33BN3O/c1-30-23-25-37-35-16-7-11-22-45(35)54-49(37)46(30)42-26-24-31(29-51(42)2)32-27-43-47-44(28-32)53-40-20-9-6-15-34(40)36-17-12-19-39(48(36)53)50(47)38-18-8-10-21-41(38)52(43)33-13-4-3-5-14-33/h3-29H,1-2H3/q+1. The molecule has 2 aliphatic rings. The van der Waals surface area contributed by atoms with Gasteiger partial charge in [-0.25, -0.2) is 4.57 Å². The second kappa shape index (κ2) is 10.8. The average molecular weight is 691 g/mol. The maximum Gasteiger partial charge on any atom is 0.252 e. The molecule has 0 amide bonds. The molecule has 0 N–H and O–H groups in total. The first kappa shape index (κ1) is 29.7. The van der Waals surface area contributed by atoms with Crippen molar-refractivity contribution in [2.24, 2.45) is 7.05 Å². The summed E-state index contributed by atoms with van der Waals surface area (Å²) in [5.74, 6) is 0. The average Bonchev–Trinajstić information content (AvgIpc) is 3.76. The summed E-state index contributed by atoms with van der Waals surface area (Å²) in [6.45, 7) is 2.28. The van der Waals surface area contributed by atoms with E-state index in [1.54, 1.807) is 0 Å². The molecule has 0 aliphatic carbocycles. The number of aromatic nitrogens is 2. The lowest BCUT2D eigenvalue weighted by molar-refractivity contribution is -0.659. The fourth-order valence-corrected chi connectivity index (χ4v) is 9.63. The number of anilines is 3. The quantitative estimate of drug-likeness (QED) is 0.136. The zero-order valence-corrected chi connectivity index (χ0v) is 29.9. The minimum absolute atomic E-state index is 0.103. The predicted octanol–water partition coefficient (Wildman–Crippen LogP) is 9.76. The van der Waals surface area contributed by atoms with Gasteiger partial charge in [0.15, 0.2) is 6.20 Å². The van der Waals surface area contributed by atoms with Crippen molar-refractivity contribution in [2.45, 2.75) is 6.92 Å². The van der Waals surface area contributed by atoms with E-state index in [-0.39, 0.29) is 6.71 Å². The van der Waals surface area contributed by atoms with E-state index < -0.39 is 0 Å². The van der Waals surface area contributed by atoms with Crippen LogP contribution in [-0.4, -0.2) is 11.3 Å². The van der Waals surface area contributed by atoms with E-state index in [0.717, 1.165) is 44.4 Å². The van der Waals surface area contributed by atoms with Crippen molar-refractivity contribution < 1.29 is 8.98 Å². The largest absolute Gasteiger partial charge is 0.455 e. The summed E-state index contributed by atoms with van der Waals surface area (Å²) in [5, 5.41) is 4.87. The third-order valence-corrected chi connectivity index (χ3v) is 11.9. The van der Waals surface area contributed by atoms with Crippen LogP contribution >= 0.6 is 0 Å². The minimum atomic E-state index is 0.103. The molecule has 0 unspecified atom stereocenters. The summed E-state index contributed by atoms with van der Waals surface area (Å²) in [4.78, 5) is 2.48. The van der Waals surface area contributed by atoms with E-state index in [0.29, 0.717) is 0 Å². The van der Waals surface area contributed by atoms with Gasteiger partial charge in [0.2, 0.25) is 5.69 Å². The van der Waals surface area contributed by atoms with Crippen LogP contribution in [0.2, 0.25) is 0 Å². The molecule has 10 aromatic rings. The molecule has 5 heterocycles. The molecular formula is C49H33BN3O+. The second-order valence-corrected chi connectivity index (χ2v) is 14.8. The first-order chi connectivity index (χ1) is 26.6. The van der Waals surface area contributed by atoms with Crippen LogP contribution in [0.25, 0.3) is 71.8 Å². The number of aryl methyl sites for hydroxylation is 2. The number of rotatable bonds is 3. The fraction of sp³-hybridized carbons (Fsp3) is 0.0408. The normalized spacial score (nSPS) is 12.9. The van der Waals surface area contributed by atoms with Gasteiger partial charge in [0, 0.05) is 61.4 Å². The van der Waals surface area contributed by atoms with Crippen molar-refractivity contribution in [2.75, 3.05) is 4.90 Å². The number of para-hydroxylation sites is 5. The zero-order valence-electron chi connectivity index (χ0n) is 29.9. The van der Waals surface area contributed by atoms with Crippen molar-refractivity contribution in [1.82, 2.24) is 4.57 Å². The van der Waals surface area contributed by atoms with Crippen molar-refractivity contribution in [3.8, 4) is 28.1 Å². The van der Waals surface area contributed by atoms with Gasteiger partial charge in [0.05, 0.1) is 11.1 Å². The minimum Gasteiger partial charge on any atom is -0.455 e. The monoisotopic (exact) mass is 690 g/mol. The molecule has 7 aromatic carbocycles. The number of pyridine rings is 1. The van der Waals surface area contributed by atoms with Gasteiger partial charge in [-0.05, 0) is 83.0 Å². The molecule has 0 spiro atoms. The molecule has 0 saturated heterocycles. The predicted molar refractivity (Wildman–Crippen MR) is 224 cm³/mol. The lowest BCUT2D eigenvalue weighted by atomic mass is 9.33. The van der Waals surface area contributed by atoms with Crippen LogP contribution in [-0.2, 0) is 7.05 Å². The van der Waals surface area contributed by atoms with Crippen molar-refractivity contribution >= 4 is 83.9 Å². The van der Waals surface area contributed by atoms with Crippen LogP contribution in [0.3, 0.4) is 0 Å². The Morgan fingerprint density at radius 1 is 0.574 bits per heavy atom. The highest BCUT2D eigenvalue weighted by atomic mass is 16.3. The van der Waals surface area contributed by atoms with Gasteiger partial charge in [0.25, 0.3) is 6.71 Å². The van der Waals surface area contributed by atoms with E-state index in [1.807, 2.05) is 6.07 Å². The number of hydrogen-bond donors (Lipinski definition) is 0. The molecule has 3 aromatic heterocycles. The highest BCUT2D eigenvalue weighted by Gasteiger charge is 2.42. The maximum absolute atomic E-state index is 6.54. The summed E-state index contributed by atoms with van der Waals surface area (Å²) in [6.07, 6.45) is 2.28. The summed E-state index contributed by atoms with van der Waals surface area (Å²) < 4.78 is 11.3. The first-order valence-electron chi connectivity index (χ1n) is 18.7. The van der Waals surface area contributed by atoms with E-state index >= 15 is 0 Å². The molecule has 0 atom stereocenters. The molecule has 0 radical (unpaired) electrons. The van der Waals surface area contributed by atoms with Gasteiger partial charge in [-0.1, -0.05) is 103 Å². The Morgan fingerprint density at radius 3 is 2.20 bits per heavy atom. The van der Waals surface area contributed by atoms with E-state index in [4.69, 9.17) is 4.42 Å². The lowest BCUT2D eigenvalue weighted by Crippen LogP contribution is -2.60. The SMILES string of the molecule is Cc1ccc2c(oc3ccccc32)c1-c1ccc(-c2cc3c4c(c2)-n2c5ccccc5c5cccc(c52)B4c2ccccc2N3c2ccccc2)c[n+]1C. The highest BCUT2D eigenvalue weighted by Crippen LogP contribution is 2.43. The molecule has 2 aliphatic heterocycles. The molecule has 54 heavy (non-hydrogen) atoms. The topological polar surface area (TPSA) is 25.2 Å².